The van der Waals surface area contributed by atoms with Crippen molar-refractivity contribution in [1.29, 1.82) is 0 Å². The van der Waals surface area contributed by atoms with Gasteiger partial charge in [-0.3, -0.25) is 4.98 Å². The van der Waals surface area contributed by atoms with E-state index >= 15 is 0 Å². The van der Waals surface area contributed by atoms with Crippen LogP contribution in [-0.4, -0.2) is 16.6 Å². The summed E-state index contributed by atoms with van der Waals surface area (Å²) in [4.78, 5) is 4.18. The SMILES string of the molecule is CC(C)(C)NCc1ccncc1NC1CC1. The molecule has 0 saturated heterocycles. The first-order chi connectivity index (χ1) is 7.54. The number of anilines is 1. The highest BCUT2D eigenvalue weighted by molar-refractivity contribution is 5.50. The van der Waals surface area contributed by atoms with E-state index < -0.39 is 0 Å². The van der Waals surface area contributed by atoms with Crippen LogP contribution in [0.4, 0.5) is 5.69 Å². The van der Waals surface area contributed by atoms with Crippen LogP contribution in [0.1, 0.15) is 39.2 Å². The first kappa shape index (κ1) is 11.4. The molecule has 0 aliphatic heterocycles. The molecule has 0 aromatic carbocycles. The van der Waals surface area contributed by atoms with Crippen molar-refractivity contribution < 1.29 is 0 Å². The van der Waals surface area contributed by atoms with E-state index in [9.17, 15) is 0 Å². The van der Waals surface area contributed by atoms with E-state index in [4.69, 9.17) is 0 Å². The molecule has 1 aromatic rings. The standard InChI is InChI=1S/C13H21N3/c1-13(2,3)15-8-10-6-7-14-9-12(10)16-11-4-5-11/h6-7,9,11,15-16H,4-5,8H2,1-3H3. The lowest BCUT2D eigenvalue weighted by molar-refractivity contribution is 0.424. The molecule has 1 aromatic heterocycles. The van der Waals surface area contributed by atoms with Crippen molar-refractivity contribution in [3.63, 3.8) is 0 Å². The monoisotopic (exact) mass is 219 g/mol. The Morgan fingerprint density at radius 3 is 2.75 bits per heavy atom. The Balaban J connectivity index is 2.00. The molecule has 16 heavy (non-hydrogen) atoms. The van der Waals surface area contributed by atoms with Crippen LogP contribution in [0.15, 0.2) is 18.5 Å². The van der Waals surface area contributed by atoms with Gasteiger partial charge in [-0.1, -0.05) is 0 Å². The van der Waals surface area contributed by atoms with E-state index in [0.29, 0.717) is 6.04 Å². The molecule has 0 atom stereocenters. The van der Waals surface area contributed by atoms with E-state index in [1.54, 1.807) is 0 Å². The van der Waals surface area contributed by atoms with Gasteiger partial charge < -0.3 is 10.6 Å². The highest BCUT2D eigenvalue weighted by Gasteiger charge is 2.22. The molecule has 1 heterocycles. The molecule has 3 heteroatoms. The van der Waals surface area contributed by atoms with Crippen LogP contribution < -0.4 is 10.6 Å². The van der Waals surface area contributed by atoms with Crippen molar-refractivity contribution in [3.05, 3.63) is 24.0 Å². The number of hydrogen-bond donors (Lipinski definition) is 2. The van der Waals surface area contributed by atoms with E-state index in [0.717, 1.165) is 6.54 Å². The van der Waals surface area contributed by atoms with Gasteiger partial charge in [0.15, 0.2) is 0 Å². The van der Waals surface area contributed by atoms with Gasteiger partial charge in [-0.15, -0.1) is 0 Å². The van der Waals surface area contributed by atoms with Gasteiger partial charge in [-0.05, 0) is 45.2 Å². The summed E-state index contributed by atoms with van der Waals surface area (Å²) in [5, 5.41) is 7.02. The zero-order chi connectivity index (χ0) is 11.6. The molecule has 0 spiro atoms. The van der Waals surface area contributed by atoms with Crippen LogP contribution in [0.2, 0.25) is 0 Å². The van der Waals surface area contributed by atoms with Gasteiger partial charge in [0.25, 0.3) is 0 Å². The second kappa shape index (κ2) is 4.42. The lowest BCUT2D eigenvalue weighted by atomic mass is 10.1. The third-order valence-corrected chi connectivity index (χ3v) is 2.66. The maximum atomic E-state index is 4.18. The maximum Gasteiger partial charge on any atom is 0.0574 e. The lowest BCUT2D eigenvalue weighted by Gasteiger charge is -2.21. The van der Waals surface area contributed by atoms with Gasteiger partial charge in [0.2, 0.25) is 0 Å². The van der Waals surface area contributed by atoms with Gasteiger partial charge in [0, 0.05) is 24.3 Å². The Morgan fingerprint density at radius 2 is 2.12 bits per heavy atom. The molecule has 1 saturated carbocycles. The van der Waals surface area contributed by atoms with Crippen LogP contribution in [0.25, 0.3) is 0 Å². The average Bonchev–Trinajstić information content (AvgIpc) is 2.99. The predicted molar refractivity (Wildman–Crippen MR) is 67.5 cm³/mol. The van der Waals surface area contributed by atoms with Crippen LogP contribution in [-0.2, 0) is 6.54 Å². The largest absolute Gasteiger partial charge is 0.381 e. The molecular formula is C13H21N3. The molecule has 1 aliphatic carbocycles. The first-order valence-electron chi connectivity index (χ1n) is 5.99. The van der Waals surface area contributed by atoms with Gasteiger partial charge in [0.1, 0.15) is 0 Å². The van der Waals surface area contributed by atoms with Crippen molar-refractivity contribution in [2.45, 2.75) is 51.7 Å². The molecule has 0 bridgehead atoms. The highest BCUT2D eigenvalue weighted by atomic mass is 15.0. The van der Waals surface area contributed by atoms with Crippen molar-refractivity contribution in [1.82, 2.24) is 10.3 Å². The smallest absolute Gasteiger partial charge is 0.0574 e. The zero-order valence-corrected chi connectivity index (χ0v) is 10.4. The van der Waals surface area contributed by atoms with Crippen LogP contribution >= 0.6 is 0 Å². The Morgan fingerprint density at radius 1 is 1.38 bits per heavy atom. The molecule has 0 amide bonds. The van der Waals surface area contributed by atoms with E-state index in [1.165, 1.54) is 24.1 Å². The minimum Gasteiger partial charge on any atom is -0.381 e. The van der Waals surface area contributed by atoms with Crippen molar-refractivity contribution in [3.8, 4) is 0 Å². The second-order valence-electron chi connectivity index (χ2n) is 5.55. The van der Waals surface area contributed by atoms with Gasteiger partial charge in [0.05, 0.1) is 11.9 Å². The summed E-state index contributed by atoms with van der Waals surface area (Å²) < 4.78 is 0. The number of rotatable bonds is 4. The Kier molecular flexibility index (Phi) is 3.15. The van der Waals surface area contributed by atoms with Crippen LogP contribution in [0.5, 0.6) is 0 Å². The number of nitrogens with one attached hydrogen (secondary N) is 2. The average molecular weight is 219 g/mol. The summed E-state index contributed by atoms with van der Waals surface area (Å²) in [6.07, 6.45) is 6.37. The predicted octanol–water partition coefficient (Wildman–Crippen LogP) is 2.54. The summed E-state index contributed by atoms with van der Waals surface area (Å²) in [6, 6.07) is 2.77. The fourth-order valence-corrected chi connectivity index (χ4v) is 1.52. The van der Waals surface area contributed by atoms with Crippen molar-refractivity contribution in [2.75, 3.05) is 5.32 Å². The van der Waals surface area contributed by atoms with Crippen LogP contribution in [0.3, 0.4) is 0 Å². The van der Waals surface area contributed by atoms with E-state index in [1.807, 2.05) is 12.4 Å². The van der Waals surface area contributed by atoms with Gasteiger partial charge in [-0.25, -0.2) is 0 Å². The molecule has 3 nitrogen and oxygen atoms in total. The zero-order valence-electron chi connectivity index (χ0n) is 10.4. The van der Waals surface area contributed by atoms with Gasteiger partial charge in [-0.2, -0.15) is 0 Å². The molecular weight excluding hydrogens is 198 g/mol. The highest BCUT2D eigenvalue weighted by Crippen LogP contribution is 2.26. The number of pyridine rings is 1. The normalized spacial score (nSPS) is 16.2. The second-order valence-corrected chi connectivity index (χ2v) is 5.55. The quantitative estimate of drug-likeness (QED) is 0.817. The Bertz CT molecular complexity index is 350. The Hall–Kier alpha value is -1.09. The molecule has 2 rings (SSSR count). The molecule has 0 unspecified atom stereocenters. The first-order valence-corrected chi connectivity index (χ1v) is 5.99. The fourth-order valence-electron chi connectivity index (χ4n) is 1.52. The third kappa shape index (κ3) is 3.49. The summed E-state index contributed by atoms with van der Waals surface area (Å²) in [6.45, 7) is 7.44. The van der Waals surface area contributed by atoms with Gasteiger partial charge >= 0.3 is 0 Å². The van der Waals surface area contributed by atoms with Crippen molar-refractivity contribution in [2.24, 2.45) is 0 Å². The fraction of sp³-hybridized carbons (Fsp3) is 0.615. The minimum atomic E-state index is 0.153. The summed E-state index contributed by atoms with van der Waals surface area (Å²) in [7, 11) is 0. The third-order valence-electron chi connectivity index (χ3n) is 2.66. The molecule has 2 N–H and O–H groups in total. The number of hydrogen-bond acceptors (Lipinski definition) is 3. The molecule has 1 fully saturated rings. The lowest BCUT2D eigenvalue weighted by Crippen LogP contribution is -2.35. The van der Waals surface area contributed by atoms with E-state index in [2.05, 4.69) is 42.5 Å². The Labute approximate surface area is 97.7 Å². The summed E-state index contributed by atoms with van der Waals surface area (Å²) >= 11 is 0. The molecule has 88 valence electrons. The number of nitrogens with zero attached hydrogens (tertiary/aromatic N) is 1. The molecule has 0 radical (unpaired) electrons. The van der Waals surface area contributed by atoms with Crippen molar-refractivity contribution >= 4 is 5.69 Å². The van der Waals surface area contributed by atoms with E-state index in [-0.39, 0.29) is 5.54 Å². The maximum absolute atomic E-state index is 4.18. The minimum absolute atomic E-state index is 0.153. The summed E-state index contributed by atoms with van der Waals surface area (Å²) in [5.74, 6) is 0. The molecule has 1 aliphatic rings. The number of aromatic nitrogens is 1. The topological polar surface area (TPSA) is 37.0 Å². The summed E-state index contributed by atoms with van der Waals surface area (Å²) in [5.41, 5.74) is 2.64. The van der Waals surface area contributed by atoms with Crippen LogP contribution in [0, 0.1) is 0 Å².